The second-order valence-corrected chi connectivity index (χ2v) is 8.24. The minimum Gasteiger partial charge on any atom is -0.444 e. The number of carbonyl (C=O) groups excluding carboxylic acids is 1. The Morgan fingerprint density at radius 3 is 2.57 bits per heavy atom. The summed E-state index contributed by atoms with van der Waals surface area (Å²) >= 11 is 0. The fraction of sp³-hybridized carbons (Fsp3) is 0.458. The highest BCUT2D eigenvalue weighted by Gasteiger charge is 2.33. The topological polar surface area (TPSA) is 42.0 Å². The van der Waals surface area contributed by atoms with Gasteiger partial charge in [-0.3, -0.25) is 4.90 Å². The maximum absolute atomic E-state index is 14.7. The zero-order valence-corrected chi connectivity index (χ0v) is 17.6. The average molecular weight is 413 g/mol. The van der Waals surface area contributed by atoms with Crippen molar-refractivity contribution < 1.29 is 18.7 Å². The van der Waals surface area contributed by atoms with Gasteiger partial charge in [0, 0.05) is 13.1 Å². The molecule has 0 saturated carbocycles. The molecule has 5 nitrogen and oxygen atoms in total. The third-order valence-corrected chi connectivity index (χ3v) is 6.04. The number of carbonyl (C=O) groups is 1. The van der Waals surface area contributed by atoms with E-state index in [-0.39, 0.29) is 11.9 Å². The lowest BCUT2D eigenvalue weighted by Crippen LogP contribution is -2.36. The van der Waals surface area contributed by atoms with E-state index >= 15 is 0 Å². The zero-order valence-electron chi connectivity index (χ0n) is 17.6. The van der Waals surface area contributed by atoms with E-state index in [1.54, 1.807) is 12.1 Å². The van der Waals surface area contributed by atoms with Gasteiger partial charge < -0.3 is 14.4 Å². The molecule has 2 fully saturated rings. The molecule has 2 saturated heterocycles. The predicted octanol–water partition coefficient (Wildman–Crippen LogP) is 4.88. The molecule has 6 heteroatoms. The van der Waals surface area contributed by atoms with Gasteiger partial charge in [-0.15, -0.1) is 0 Å². The number of halogens is 1. The maximum Gasteiger partial charge on any atom is 0.414 e. The van der Waals surface area contributed by atoms with E-state index < -0.39 is 6.09 Å². The van der Waals surface area contributed by atoms with E-state index in [9.17, 15) is 9.18 Å². The number of anilines is 2. The highest BCUT2D eigenvalue weighted by atomic mass is 19.1. The Hall–Kier alpha value is -2.60. The fourth-order valence-corrected chi connectivity index (χ4v) is 4.10. The summed E-state index contributed by atoms with van der Waals surface area (Å²) in [6, 6.07) is 13.5. The van der Waals surface area contributed by atoms with Gasteiger partial charge in [0.25, 0.3) is 0 Å². The molecule has 2 aromatic rings. The van der Waals surface area contributed by atoms with Gasteiger partial charge >= 0.3 is 6.09 Å². The number of ether oxygens (including phenoxy) is 2. The predicted molar refractivity (Wildman–Crippen MR) is 116 cm³/mol. The molecule has 2 aliphatic rings. The van der Waals surface area contributed by atoms with Gasteiger partial charge in [-0.2, -0.15) is 0 Å². The first kappa shape index (κ1) is 20.7. The van der Waals surface area contributed by atoms with Gasteiger partial charge in [0.1, 0.15) is 11.9 Å². The largest absolute Gasteiger partial charge is 0.444 e. The minimum atomic E-state index is -0.401. The van der Waals surface area contributed by atoms with Crippen molar-refractivity contribution in [3.8, 4) is 0 Å². The molecular weight excluding hydrogens is 383 g/mol. The third kappa shape index (κ3) is 4.59. The molecule has 0 spiro atoms. The van der Waals surface area contributed by atoms with Crippen molar-refractivity contribution in [2.45, 2.75) is 38.7 Å². The molecule has 160 valence electrons. The molecule has 30 heavy (non-hydrogen) atoms. The summed E-state index contributed by atoms with van der Waals surface area (Å²) in [6.07, 6.45) is 1.14. The second-order valence-electron chi connectivity index (χ2n) is 8.24. The number of hydrogen-bond acceptors (Lipinski definition) is 4. The van der Waals surface area contributed by atoms with Crippen molar-refractivity contribution in [2.24, 2.45) is 0 Å². The normalized spacial score (nSPS) is 20.4. The van der Waals surface area contributed by atoms with Crippen molar-refractivity contribution in [3.63, 3.8) is 0 Å². The van der Waals surface area contributed by atoms with Gasteiger partial charge in [0.2, 0.25) is 0 Å². The Morgan fingerprint density at radius 1 is 1.13 bits per heavy atom. The number of benzene rings is 2. The highest BCUT2D eigenvalue weighted by molar-refractivity contribution is 5.90. The van der Waals surface area contributed by atoms with Crippen molar-refractivity contribution >= 4 is 17.5 Å². The number of amides is 1. The molecule has 0 aromatic heterocycles. The Labute approximate surface area is 177 Å². The lowest BCUT2D eigenvalue weighted by molar-refractivity contribution is 0.122. The molecule has 0 N–H and O–H groups in total. The Balaban J connectivity index is 1.36. The van der Waals surface area contributed by atoms with Crippen LogP contribution in [-0.2, 0) is 9.47 Å². The Bertz CT molecular complexity index is 881. The number of aryl methyl sites for hydroxylation is 1. The van der Waals surface area contributed by atoms with E-state index in [1.807, 2.05) is 4.90 Å². The average Bonchev–Trinajstić information content (AvgIpc) is 3.13. The van der Waals surface area contributed by atoms with Crippen LogP contribution in [0.3, 0.4) is 0 Å². The molecule has 0 aliphatic carbocycles. The maximum atomic E-state index is 14.7. The minimum absolute atomic E-state index is 0.174. The summed E-state index contributed by atoms with van der Waals surface area (Å²) in [7, 11) is 0. The third-order valence-electron chi connectivity index (χ3n) is 6.04. The van der Waals surface area contributed by atoms with Crippen molar-refractivity contribution in [1.82, 2.24) is 0 Å². The standard InChI is InChI=1S/C24H29FN2O3/c1-17-3-6-19(7-4-17)18(2)5-9-21-16-27(24(28)30-21)20-8-10-23(22(25)15-20)26-11-13-29-14-12-26/h3-4,6-8,10,15,18,21H,5,9,11-14,16H2,1-2H3/t18-,21-/m1/s1. The Kier molecular flexibility index (Phi) is 6.23. The van der Waals surface area contributed by atoms with Crippen LogP contribution >= 0.6 is 0 Å². The quantitative estimate of drug-likeness (QED) is 0.678. The summed E-state index contributed by atoms with van der Waals surface area (Å²) in [6.45, 7) is 7.27. The van der Waals surface area contributed by atoms with Crippen LogP contribution in [0.15, 0.2) is 42.5 Å². The monoisotopic (exact) mass is 412 g/mol. The SMILES string of the molecule is Cc1ccc([C@H](C)CC[C@@H]2CN(c3ccc(N4CCOCC4)c(F)c3)C(=O)O2)cc1. The molecular formula is C24H29FN2O3. The molecule has 4 rings (SSSR count). The molecule has 0 bridgehead atoms. The summed E-state index contributed by atoms with van der Waals surface area (Å²) in [4.78, 5) is 15.9. The fourth-order valence-electron chi connectivity index (χ4n) is 4.10. The lowest BCUT2D eigenvalue weighted by atomic mass is 9.94. The lowest BCUT2D eigenvalue weighted by Gasteiger charge is -2.29. The number of morpholine rings is 1. The molecule has 2 aromatic carbocycles. The van der Waals surface area contributed by atoms with Gasteiger partial charge in [0.15, 0.2) is 0 Å². The molecule has 2 heterocycles. The van der Waals surface area contributed by atoms with Crippen molar-refractivity contribution in [1.29, 1.82) is 0 Å². The highest BCUT2D eigenvalue weighted by Crippen LogP contribution is 2.30. The molecule has 2 aliphatic heterocycles. The summed E-state index contributed by atoms with van der Waals surface area (Å²) in [5.74, 6) is 0.0715. The van der Waals surface area contributed by atoms with Gasteiger partial charge in [-0.1, -0.05) is 36.8 Å². The van der Waals surface area contributed by atoms with E-state index in [1.165, 1.54) is 22.1 Å². The van der Waals surface area contributed by atoms with Crippen LogP contribution in [0.4, 0.5) is 20.6 Å². The molecule has 0 radical (unpaired) electrons. The summed E-state index contributed by atoms with van der Waals surface area (Å²) < 4.78 is 25.6. The first-order chi connectivity index (χ1) is 14.5. The van der Waals surface area contributed by atoms with Crippen LogP contribution in [0.2, 0.25) is 0 Å². The van der Waals surface area contributed by atoms with Gasteiger partial charge in [-0.05, 0) is 49.4 Å². The number of rotatable bonds is 6. The number of cyclic esters (lactones) is 1. The molecule has 2 atom stereocenters. The second kappa shape index (κ2) is 9.04. The van der Waals surface area contributed by atoms with E-state index in [2.05, 4.69) is 38.1 Å². The van der Waals surface area contributed by atoms with Gasteiger partial charge in [-0.25, -0.2) is 9.18 Å². The van der Waals surface area contributed by atoms with Gasteiger partial charge in [0.05, 0.1) is 31.1 Å². The van der Waals surface area contributed by atoms with Crippen LogP contribution in [0.25, 0.3) is 0 Å². The Morgan fingerprint density at radius 2 is 1.87 bits per heavy atom. The summed E-state index contributed by atoms with van der Waals surface area (Å²) in [5, 5.41) is 0. The van der Waals surface area contributed by atoms with E-state index in [0.29, 0.717) is 50.1 Å². The van der Waals surface area contributed by atoms with Crippen LogP contribution < -0.4 is 9.80 Å². The van der Waals surface area contributed by atoms with Crippen molar-refractivity contribution in [3.05, 3.63) is 59.4 Å². The van der Waals surface area contributed by atoms with Crippen LogP contribution in [0.5, 0.6) is 0 Å². The van der Waals surface area contributed by atoms with Crippen LogP contribution in [-0.4, -0.2) is 45.0 Å². The van der Waals surface area contributed by atoms with E-state index in [4.69, 9.17) is 9.47 Å². The molecule has 0 unspecified atom stereocenters. The number of hydrogen-bond donors (Lipinski definition) is 0. The zero-order chi connectivity index (χ0) is 21.1. The van der Waals surface area contributed by atoms with Crippen LogP contribution in [0, 0.1) is 12.7 Å². The first-order valence-corrected chi connectivity index (χ1v) is 10.7. The van der Waals surface area contributed by atoms with Crippen LogP contribution in [0.1, 0.15) is 36.8 Å². The van der Waals surface area contributed by atoms with Crippen molar-refractivity contribution in [2.75, 3.05) is 42.6 Å². The smallest absolute Gasteiger partial charge is 0.414 e. The first-order valence-electron chi connectivity index (χ1n) is 10.7. The van der Waals surface area contributed by atoms with E-state index in [0.717, 1.165) is 12.8 Å². The number of nitrogens with zero attached hydrogens (tertiary/aromatic N) is 2. The molecule has 1 amide bonds. The summed E-state index contributed by atoms with van der Waals surface area (Å²) in [5.41, 5.74) is 3.64.